The molecule has 0 atom stereocenters. The van der Waals surface area contributed by atoms with E-state index in [1.165, 1.54) is 0 Å². The monoisotopic (exact) mass is 269 g/mol. The highest BCUT2D eigenvalue weighted by molar-refractivity contribution is 5.31. The Morgan fingerprint density at radius 1 is 1.10 bits per heavy atom. The van der Waals surface area contributed by atoms with Crippen molar-refractivity contribution in [1.82, 2.24) is 24.5 Å². The highest BCUT2D eigenvalue weighted by Gasteiger charge is 2.09. The van der Waals surface area contributed by atoms with Crippen LogP contribution in [0.2, 0.25) is 0 Å². The number of aromatic nitrogens is 5. The Hall–Kier alpha value is -3.00. The average Bonchev–Trinajstić information content (AvgIpc) is 3.02. The minimum Gasteiger partial charge on any atom is -0.424 e. The van der Waals surface area contributed by atoms with Crippen LogP contribution < -0.4 is 16.0 Å². The highest BCUT2D eigenvalue weighted by Crippen LogP contribution is 2.18. The molecule has 3 N–H and O–H groups in total. The van der Waals surface area contributed by atoms with E-state index in [2.05, 4.69) is 25.4 Å². The number of anilines is 1. The molecule has 8 heteroatoms. The molecule has 0 spiro atoms. The fraction of sp³-hybridized carbons (Fsp3) is 0. The van der Waals surface area contributed by atoms with Crippen LogP contribution in [0.4, 0.5) is 5.95 Å². The van der Waals surface area contributed by atoms with Gasteiger partial charge in [0.2, 0.25) is 11.9 Å². The maximum atomic E-state index is 5.57. The molecule has 0 aliphatic heterocycles. The predicted octanol–water partition coefficient (Wildman–Crippen LogP) is 1.14. The normalized spacial score (nSPS) is 10.2. The molecule has 0 unspecified atom stereocenters. The fourth-order valence-corrected chi connectivity index (χ4v) is 1.54. The third-order valence-electron chi connectivity index (χ3n) is 2.42. The molecule has 2 aromatic heterocycles. The lowest BCUT2D eigenvalue weighted by molar-refractivity contribution is 0.439. The number of hydrogen-bond donors (Lipinski definition) is 2. The van der Waals surface area contributed by atoms with E-state index >= 15 is 0 Å². The van der Waals surface area contributed by atoms with Gasteiger partial charge in [-0.1, -0.05) is 18.2 Å². The number of imidazole rings is 1. The molecule has 20 heavy (non-hydrogen) atoms. The Morgan fingerprint density at radius 3 is 2.65 bits per heavy atom. The number of benzene rings is 1. The van der Waals surface area contributed by atoms with Gasteiger partial charge < -0.3 is 4.74 Å². The van der Waals surface area contributed by atoms with Crippen molar-refractivity contribution in [3.8, 4) is 17.7 Å². The van der Waals surface area contributed by atoms with Crippen LogP contribution in [-0.4, -0.2) is 24.5 Å². The molecule has 2 heterocycles. The molecule has 0 bridgehead atoms. The van der Waals surface area contributed by atoms with Crippen LogP contribution in [0.15, 0.2) is 49.1 Å². The molecule has 3 aromatic rings. The highest BCUT2D eigenvalue weighted by atomic mass is 16.5. The fourth-order valence-electron chi connectivity index (χ4n) is 1.54. The van der Waals surface area contributed by atoms with Gasteiger partial charge in [-0.15, -0.1) is 0 Å². The molecular formula is C12H11N7O. The smallest absolute Gasteiger partial charge is 0.328 e. The largest absolute Gasteiger partial charge is 0.424 e. The Labute approximate surface area is 114 Å². The zero-order chi connectivity index (χ0) is 13.8. The maximum absolute atomic E-state index is 5.57. The lowest BCUT2D eigenvalue weighted by Gasteiger charge is -2.07. The number of para-hydroxylation sites is 1. The summed E-state index contributed by atoms with van der Waals surface area (Å²) in [5, 5.41) is 0. The SMILES string of the molecule is NNc1nc(Oc2ccccc2)nc(-n2ccnc2)n1. The van der Waals surface area contributed by atoms with Crippen LogP contribution in [0.25, 0.3) is 5.95 Å². The molecular weight excluding hydrogens is 258 g/mol. The van der Waals surface area contributed by atoms with Gasteiger partial charge in [0.15, 0.2) is 0 Å². The molecule has 0 aliphatic rings. The Balaban J connectivity index is 1.96. The first-order valence-electron chi connectivity index (χ1n) is 5.79. The van der Waals surface area contributed by atoms with Crippen molar-refractivity contribution >= 4 is 5.95 Å². The predicted molar refractivity (Wildman–Crippen MR) is 71.3 cm³/mol. The van der Waals surface area contributed by atoms with Gasteiger partial charge in [-0.3, -0.25) is 9.99 Å². The standard InChI is InChI=1S/C12H11N7O/c13-18-10-15-11(19-7-6-14-8-19)17-12(16-10)20-9-4-2-1-3-5-9/h1-8H,13H2,(H,15,16,17,18). The zero-order valence-corrected chi connectivity index (χ0v) is 10.3. The van der Waals surface area contributed by atoms with Crippen LogP contribution in [0, 0.1) is 0 Å². The summed E-state index contributed by atoms with van der Waals surface area (Å²) in [7, 11) is 0. The topological polar surface area (TPSA) is 104 Å². The van der Waals surface area contributed by atoms with Crippen LogP contribution in [-0.2, 0) is 0 Å². The van der Waals surface area contributed by atoms with Gasteiger partial charge >= 0.3 is 6.01 Å². The van der Waals surface area contributed by atoms with Gasteiger partial charge in [0.05, 0.1) is 0 Å². The van der Waals surface area contributed by atoms with Gasteiger partial charge in [-0.05, 0) is 12.1 Å². The van der Waals surface area contributed by atoms with Crippen molar-refractivity contribution < 1.29 is 4.74 Å². The van der Waals surface area contributed by atoms with E-state index < -0.39 is 0 Å². The first kappa shape index (κ1) is 12.1. The van der Waals surface area contributed by atoms with Crippen molar-refractivity contribution in [2.45, 2.75) is 0 Å². The first-order chi connectivity index (χ1) is 9.85. The Morgan fingerprint density at radius 2 is 1.95 bits per heavy atom. The number of nitrogens with two attached hydrogens (primary N) is 1. The van der Waals surface area contributed by atoms with Gasteiger partial charge in [-0.25, -0.2) is 10.8 Å². The van der Waals surface area contributed by atoms with E-state index in [1.807, 2.05) is 18.2 Å². The van der Waals surface area contributed by atoms with Gasteiger partial charge in [0.25, 0.3) is 0 Å². The minimum absolute atomic E-state index is 0.142. The second kappa shape index (κ2) is 5.33. The molecule has 100 valence electrons. The van der Waals surface area contributed by atoms with Gasteiger partial charge in [0.1, 0.15) is 12.1 Å². The van der Waals surface area contributed by atoms with Crippen molar-refractivity contribution in [3.05, 3.63) is 49.1 Å². The number of ether oxygens (including phenoxy) is 1. The van der Waals surface area contributed by atoms with Crippen molar-refractivity contribution in [1.29, 1.82) is 0 Å². The summed E-state index contributed by atoms with van der Waals surface area (Å²) in [6.07, 6.45) is 4.90. The molecule has 0 saturated heterocycles. The molecule has 0 amide bonds. The summed E-state index contributed by atoms with van der Waals surface area (Å²) < 4.78 is 7.19. The second-order valence-corrected chi connectivity index (χ2v) is 3.77. The molecule has 0 saturated carbocycles. The van der Waals surface area contributed by atoms with Crippen LogP contribution in [0.1, 0.15) is 0 Å². The molecule has 0 radical (unpaired) electrons. The third kappa shape index (κ3) is 2.54. The molecule has 8 nitrogen and oxygen atoms in total. The number of rotatable bonds is 4. The van der Waals surface area contributed by atoms with Crippen LogP contribution >= 0.6 is 0 Å². The zero-order valence-electron chi connectivity index (χ0n) is 10.3. The number of hydrogen-bond acceptors (Lipinski definition) is 7. The summed E-state index contributed by atoms with van der Waals surface area (Å²) in [6, 6.07) is 9.35. The summed E-state index contributed by atoms with van der Waals surface area (Å²) in [5.74, 6) is 6.54. The van der Waals surface area contributed by atoms with E-state index in [-0.39, 0.29) is 12.0 Å². The Bertz CT molecular complexity index is 684. The average molecular weight is 269 g/mol. The number of hydrazine groups is 1. The molecule has 1 aromatic carbocycles. The lowest BCUT2D eigenvalue weighted by atomic mass is 10.3. The van der Waals surface area contributed by atoms with E-state index in [4.69, 9.17) is 10.6 Å². The maximum Gasteiger partial charge on any atom is 0.328 e. The van der Waals surface area contributed by atoms with E-state index in [0.717, 1.165) is 0 Å². The number of nitrogens with one attached hydrogen (secondary N) is 1. The van der Waals surface area contributed by atoms with Gasteiger partial charge in [0, 0.05) is 12.4 Å². The molecule has 3 rings (SSSR count). The third-order valence-corrected chi connectivity index (χ3v) is 2.42. The summed E-state index contributed by atoms with van der Waals surface area (Å²) >= 11 is 0. The Kier molecular flexibility index (Phi) is 3.21. The number of nitrogens with zero attached hydrogens (tertiary/aromatic N) is 5. The van der Waals surface area contributed by atoms with Crippen LogP contribution in [0.3, 0.4) is 0 Å². The van der Waals surface area contributed by atoms with E-state index in [9.17, 15) is 0 Å². The lowest BCUT2D eigenvalue weighted by Crippen LogP contribution is -2.13. The minimum atomic E-state index is 0.142. The second-order valence-electron chi connectivity index (χ2n) is 3.77. The quantitative estimate of drug-likeness (QED) is 0.540. The van der Waals surface area contributed by atoms with E-state index in [0.29, 0.717) is 11.7 Å². The number of nitrogen functional groups attached to an aromatic ring is 1. The summed E-state index contributed by atoms with van der Waals surface area (Å²) in [5.41, 5.74) is 2.38. The molecule has 0 fully saturated rings. The van der Waals surface area contributed by atoms with Crippen molar-refractivity contribution in [2.24, 2.45) is 5.84 Å². The van der Waals surface area contributed by atoms with Crippen LogP contribution in [0.5, 0.6) is 11.8 Å². The molecule has 0 aliphatic carbocycles. The summed E-state index contributed by atoms with van der Waals surface area (Å²) in [4.78, 5) is 16.3. The first-order valence-corrected chi connectivity index (χ1v) is 5.79. The van der Waals surface area contributed by atoms with Gasteiger partial charge in [-0.2, -0.15) is 15.0 Å². The summed E-state index contributed by atoms with van der Waals surface area (Å²) in [6.45, 7) is 0. The van der Waals surface area contributed by atoms with Crippen molar-refractivity contribution in [3.63, 3.8) is 0 Å². The van der Waals surface area contributed by atoms with Crippen molar-refractivity contribution in [2.75, 3.05) is 5.43 Å². The van der Waals surface area contributed by atoms with E-state index in [1.54, 1.807) is 35.4 Å².